The van der Waals surface area contributed by atoms with E-state index in [1.165, 1.54) is 0 Å². The molecule has 68 valence electrons. The van der Waals surface area contributed by atoms with Gasteiger partial charge in [0.1, 0.15) is 12.2 Å². The normalized spacial score (nSPS) is 23.8. The van der Waals surface area contributed by atoms with Crippen LogP contribution >= 0.6 is 0 Å². The van der Waals surface area contributed by atoms with Crippen molar-refractivity contribution in [2.24, 2.45) is 0 Å². The maximum Gasteiger partial charge on any atom is 1.00 e. The van der Waals surface area contributed by atoms with Crippen LogP contribution < -0.4 is 24.0 Å². The molecule has 0 unspecified atom stereocenters. The second kappa shape index (κ2) is 4.53. The molecule has 3 N–H and O–H groups in total. The van der Waals surface area contributed by atoms with Gasteiger partial charge in [0.15, 0.2) is 5.76 Å². The number of rotatable bonds is 2. The first-order valence-corrected chi connectivity index (χ1v) is 3.18. The molecule has 0 aliphatic carbocycles. The summed E-state index contributed by atoms with van der Waals surface area (Å²) in [5.41, 5.74) is 0. The molecule has 13 heavy (non-hydrogen) atoms. The van der Waals surface area contributed by atoms with Gasteiger partial charge in [0.2, 0.25) is 0 Å². The molecule has 0 aromatic heterocycles. The zero-order chi connectivity index (χ0) is 9.30. The van der Waals surface area contributed by atoms with E-state index in [2.05, 4.69) is 4.74 Å². The van der Waals surface area contributed by atoms with E-state index in [9.17, 15) is 9.90 Å². The van der Waals surface area contributed by atoms with E-state index in [1.54, 1.807) is 0 Å². The number of hydrogen-bond donors (Lipinski definition) is 3. The standard InChI is InChI=1S/C6H8O6.Li/c7-1-2(8)5-3(9)4(10)6(11)12-5;/h2,5,7-10H,1H2;/q;+1/p-1/t2-,5+;/m0./s1. The quantitative estimate of drug-likeness (QED) is 0.290. The van der Waals surface area contributed by atoms with Gasteiger partial charge in [-0.25, -0.2) is 4.79 Å². The Labute approximate surface area is 85.6 Å². The van der Waals surface area contributed by atoms with E-state index in [1.807, 2.05) is 0 Å². The third-order valence-corrected chi connectivity index (χ3v) is 1.46. The zero-order valence-electron chi connectivity index (χ0n) is 6.93. The fourth-order valence-corrected chi connectivity index (χ4v) is 0.809. The molecule has 7 heteroatoms. The summed E-state index contributed by atoms with van der Waals surface area (Å²) in [6.45, 7) is -0.711. The van der Waals surface area contributed by atoms with E-state index in [4.69, 9.17) is 15.3 Å². The summed E-state index contributed by atoms with van der Waals surface area (Å²) in [6.07, 6.45) is -2.95. The van der Waals surface area contributed by atoms with Crippen molar-refractivity contribution in [2.75, 3.05) is 6.61 Å². The average molecular weight is 182 g/mol. The predicted octanol–water partition coefficient (Wildman–Crippen LogP) is -5.60. The molecule has 0 aromatic rings. The molecule has 1 aliphatic rings. The largest absolute Gasteiger partial charge is 1.00 e. The first-order valence-electron chi connectivity index (χ1n) is 3.18. The minimum absolute atomic E-state index is 0. The van der Waals surface area contributed by atoms with Crippen molar-refractivity contribution in [1.29, 1.82) is 0 Å². The fraction of sp³-hybridized carbons (Fsp3) is 0.500. The number of esters is 1. The van der Waals surface area contributed by atoms with Crippen molar-refractivity contribution in [3.8, 4) is 0 Å². The summed E-state index contributed by atoms with van der Waals surface area (Å²) in [5.74, 6) is -3.20. The van der Waals surface area contributed by atoms with Crippen molar-refractivity contribution in [3.05, 3.63) is 11.5 Å². The smallest absolute Gasteiger partial charge is 0.870 e. The first-order chi connectivity index (χ1) is 5.57. The first kappa shape index (κ1) is 12.3. The number of aliphatic hydroxyl groups is 3. The Balaban J connectivity index is 0.00000144. The summed E-state index contributed by atoms with van der Waals surface area (Å²) >= 11 is 0. The van der Waals surface area contributed by atoms with Crippen LogP contribution in [0.1, 0.15) is 0 Å². The molecule has 0 saturated heterocycles. The molecule has 1 rings (SSSR count). The Bertz CT molecular complexity index is 237. The number of carbonyl (C=O) groups is 1. The molecule has 0 saturated carbocycles. The molecule has 0 bridgehead atoms. The van der Waals surface area contributed by atoms with Gasteiger partial charge in [-0.15, -0.1) is 0 Å². The van der Waals surface area contributed by atoms with Crippen molar-refractivity contribution in [2.45, 2.75) is 12.2 Å². The van der Waals surface area contributed by atoms with Crippen molar-refractivity contribution >= 4 is 5.97 Å². The Kier molecular flexibility index (Phi) is 4.30. The van der Waals surface area contributed by atoms with E-state index in [0.29, 0.717) is 0 Å². The van der Waals surface area contributed by atoms with Crippen LogP contribution in [0.25, 0.3) is 0 Å². The third kappa shape index (κ3) is 2.17. The molecule has 0 spiro atoms. The van der Waals surface area contributed by atoms with Crippen LogP contribution in [0, 0.1) is 0 Å². The number of hydrogen-bond acceptors (Lipinski definition) is 6. The monoisotopic (exact) mass is 182 g/mol. The van der Waals surface area contributed by atoms with Gasteiger partial charge in [-0.05, 0) is 5.76 Å². The van der Waals surface area contributed by atoms with Gasteiger partial charge in [-0.3, -0.25) is 0 Å². The predicted molar refractivity (Wildman–Crippen MR) is 32.6 cm³/mol. The summed E-state index contributed by atoms with van der Waals surface area (Å²) < 4.78 is 4.25. The molecule has 1 aliphatic heterocycles. The van der Waals surface area contributed by atoms with E-state index >= 15 is 0 Å². The molecule has 2 atom stereocenters. The Morgan fingerprint density at radius 3 is 2.46 bits per heavy atom. The minimum atomic E-state index is -1.48. The second-order valence-electron chi connectivity index (χ2n) is 2.29. The number of cyclic esters (lactones) is 1. The number of aliphatic hydroxyl groups excluding tert-OH is 3. The summed E-state index contributed by atoms with van der Waals surface area (Å²) in [6, 6.07) is 0. The second-order valence-corrected chi connectivity index (χ2v) is 2.29. The van der Waals surface area contributed by atoms with Gasteiger partial charge in [0.05, 0.1) is 6.61 Å². The van der Waals surface area contributed by atoms with E-state index in [-0.39, 0.29) is 18.9 Å². The van der Waals surface area contributed by atoms with Gasteiger partial charge in [0, 0.05) is 0 Å². The van der Waals surface area contributed by atoms with Crippen LogP contribution in [0.3, 0.4) is 0 Å². The molecule has 0 fully saturated rings. The topological polar surface area (TPSA) is 110 Å². The Morgan fingerprint density at radius 1 is 1.62 bits per heavy atom. The average Bonchev–Trinajstić information content (AvgIpc) is 2.32. The van der Waals surface area contributed by atoms with E-state index in [0.717, 1.165) is 0 Å². The third-order valence-electron chi connectivity index (χ3n) is 1.46. The van der Waals surface area contributed by atoms with Gasteiger partial charge in [-0.2, -0.15) is 0 Å². The van der Waals surface area contributed by atoms with Crippen LogP contribution in [0.4, 0.5) is 0 Å². The van der Waals surface area contributed by atoms with Crippen LogP contribution in [-0.2, 0) is 9.53 Å². The van der Waals surface area contributed by atoms with Crippen LogP contribution in [-0.4, -0.2) is 40.1 Å². The Morgan fingerprint density at radius 2 is 2.15 bits per heavy atom. The van der Waals surface area contributed by atoms with Crippen LogP contribution in [0.15, 0.2) is 11.5 Å². The maximum atomic E-state index is 10.8. The molecule has 0 amide bonds. The summed E-state index contributed by atoms with van der Waals surface area (Å²) in [7, 11) is 0. The van der Waals surface area contributed by atoms with E-state index < -0.39 is 36.3 Å². The van der Waals surface area contributed by atoms with Gasteiger partial charge < -0.3 is 25.2 Å². The van der Waals surface area contributed by atoms with Gasteiger partial charge in [0.25, 0.3) is 0 Å². The number of ether oxygens (including phenoxy) is 1. The zero-order valence-corrected chi connectivity index (χ0v) is 6.93. The minimum Gasteiger partial charge on any atom is -0.870 e. The summed E-state index contributed by atoms with van der Waals surface area (Å²) in [4.78, 5) is 10.5. The summed E-state index contributed by atoms with van der Waals surface area (Å²) in [5, 5.41) is 36.8. The molecule has 1 heterocycles. The molecular formula is C6H7LiO6. The molecular weight excluding hydrogens is 175 g/mol. The molecule has 6 nitrogen and oxygen atoms in total. The maximum absolute atomic E-state index is 10.8. The molecule has 0 aromatic carbocycles. The number of carbonyl (C=O) groups excluding carboxylic acids is 1. The van der Waals surface area contributed by atoms with Crippen molar-refractivity contribution in [3.63, 3.8) is 0 Å². The Hall–Kier alpha value is -0.673. The van der Waals surface area contributed by atoms with Gasteiger partial charge in [-0.1, -0.05) is 0 Å². The van der Waals surface area contributed by atoms with Crippen molar-refractivity contribution < 1.29 is 48.8 Å². The van der Waals surface area contributed by atoms with Crippen molar-refractivity contribution in [1.82, 2.24) is 0 Å². The van der Waals surface area contributed by atoms with Gasteiger partial charge >= 0.3 is 24.8 Å². The molecule has 0 radical (unpaired) electrons. The SMILES string of the molecule is O=C1O[C@H]([C@@H](O)CO)C([O-])=C1O.[Li+]. The fourth-order valence-electron chi connectivity index (χ4n) is 0.809. The van der Waals surface area contributed by atoms with Crippen LogP contribution in [0.5, 0.6) is 0 Å². The van der Waals surface area contributed by atoms with Crippen LogP contribution in [0.2, 0.25) is 0 Å².